The molecule has 20 heavy (non-hydrogen) atoms. The zero-order valence-electron chi connectivity index (χ0n) is 11.0. The highest BCUT2D eigenvalue weighted by molar-refractivity contribution is 6.36. The molecule has 1 aliphatic rings. The number of hydrogen-bond acceptors (Lipinski definition) is 3. The molecule has 1 aliphatic heterocycles. The van der Waals surface area contributed by atoms with Crippen LogP contribution < -0.4 is 15.8 Å². The average molecular weight is 266 g/mol. The monoisotopic (exact) mass is 266 g/mol. The normalized spacial score (nSPS) is 15.6. The minimum atomic E-state index is -0.167. The lowest BCUT2D eigenvalue weighted by Crippen LogP contribution is -2.09. The molecule has 0 radical (unpaired) electrons. The third-order valence-corrected chi connectivity index (χ3v) is 3.34. The SMILES string of the molecule is COc1ccc(/C(N)=C2/C(=O)Nc3ccccc32)cc1. The van der Waals surface area contributed by atoms with Gasteiger partial charge in [-0.2, -0.15) is 0 Å². The molecule has 0 aliphatic carbocycles. The van der Waals surface area contributed by atoms with Crippen molar-refractivity contribution in [2.45, 2.75) is 0 Å². The van der Waals surface area contributed by atoms with E-state index in [1.165, 1.54) is 0 Å². The molecule has 0 unspecified atom stereocenters. The summed E-state index contributed by atoms with van der Waals surface area (Å²) in [6, 6.07) is 14.8. The molecule has 0 aromatic heterocycles. The van der Waals surface area contributed by atoms with Crippen molar-refractivity contribution in [3.8, 4) is 5.75 Å². The van der Waals surface area contributed by atoms with E-state index in [1.54, 1.807) is 7.11 Å². The van der Waals surface area contributed by atoms with E-state index in [0.29, 0.717) is 11.3 Å². The van der Waals surface area contributed by atoms with E-state index in [-0.39, 0.29) is 5.91 Å². The van der Waals surface area contributed by atoms with Crippen LogP contribution in [0.5, 0.6) is 5.75 Å². The Kier molecular flexibility index (Phi) is 2.91. The predicted octanol–water partition coefficient (Wildman–Crippen LogP) is 2.47. The summed E-state index contributed by atoms with van der Waals surface area (Å²) < 4.78 is 5.12. The molecule has 0 bridgehead atoms. The van der Waals surface area contributed by atoms with Gasteiger partial charge in [0.15, 0.2) is 0 Å². The molecule has 100 valence electrons. The minimum absolute atomic E-state index is 0.167. The Bertz CT molecular complexity index is 703. The van der Waals surface area contributed by atoms with Crippen LogP contribution in [0.2, 0.25) is 0 Å². The summed E-state index contributed by atoms with van der Waals surface area (Å²) in [5, 5.41) is 2.82. The summed E-state index contributed by atoms with van der Waals surface area (Å²) >= 11 is 0. The number of carbonyl (C=O) groups is 1. The quantitative estimate of drug-likeness (QED) is 0.821. The number of para-hydroxylation sites is 1. The van der Waals surface area contributed by atoms with E-state index in [2.05, 4.69) is 5.32 Å². The highest BCUT2D eigenvalue weighted by atomic mass is 16.5. The Labute approximate surface area is 116 Å². The molecule has 4 nitrogen and oxygen atoms in total. The number of benzene rings is 2. The molecule has 2 aromatic carbocycles. The van der Waals surface area contributed by atoms with E-state index in [1.807, 2.05) is 48.5 Å². The summed E-state index contributed by atoms with van der Waals surface area (Å²) in [5.74, 6) is 0.586. The largest absolute Gasteiger partial charge is 0.497 e. The Balaban J connectivity index is 2.11. The smallest absolute Gasteiger partial charge is 0.258 e. The van der Waals surface area contributed by atoms with Crippen molar-refractivity contribution in [1.82, 2.24) is 0 Å². The number of anilines is 1. The number of nitrogens with two attached hydrogens (primary N) is 1. The van der Waals surface area contributed by atoms with Crippen molar-refractivity contribution >= 4 is 22.9 Å². The van der Waals surface area contributed by atoms with Gasteiger partial charge < -0.3 is 15.8 Å². The van der Waals surface area contributed by atoms with Gasteiger partial charge in [0.2, 0.25) is 0 Å². The molecule has 2 aromatic rings. The lowest BCUT2D eigenvalue weighted by molar-refractivity contribution is -0.110. The molecule has 0 saturated heterocycles. The summed E-state index contributed by atoms with van der Waals surface area (Å²) in [5.41, 5.74) is 9.59. The second-order valence-corrected chi connectivity index (χ2v) is 4.52. The molecule has 3 rings (SSSR count). The van der Waals surface area contributed by atoms with Crippen LogP contribution in [0.25, 0.3) is 11.3 Å². The van der Waals surface area contributed by atoms with Crippen LogP contribution in [0, 0.1) is 0 Å². The van der Waals surface area contributed by atoms with Crippen LogP contribution in [-0.2, 0) is 4.79 Å². The molecule has 0 spiro atoms. The van der Waals surface area contributed by atoms with E-state index >= 15 is 0 Å². The van der Waals surface area contributed by atoms with Gasteiger partial charge in [-0.1, -0.05) is 18.2 Å². The first-order valence-electron chi connectivity index (χ1n) is 6.25. The van der Waals surface area contributed by atoms with E-state index in [0.717, 1.165) is 22.6 Å². The van der Waals surface area contributed by atoms with Crippen molar-refractivity contribution in [3.05, 3.63) is 59.7 Å². The molecule has 3 N–H and O–H groups in total. The molecule has 1 amide bonds. The van der Waals surface area contributed by atoms with E-state index < -0.39 is 0 Å². The number of rotatable bonds is 2. The number of ether oxygens (including phenoxy) is 1. The van der Waals surface area contributed by atoms with E-state index in [9.17, 15) is 4.79 Å². The predicted molar refractivity (Wildman–Crippen MR) is 79.1 cm³/mol. The first-order chi connectivity index (χ1) is 9.70. The standard InChI is InChI=1S/C16H14N2O2/c1-20-11-8-6-10(7-9-11)15(17)14-12-4-2-3-5-13(12)18-16(14)19/h2-9H,17H2,1H3,(H,18,19)/b15-14-. The maximum absolute atomic E-state index is 12.1. The molecule has 1 heterocycles. The fourth-order valence-electron chi connectivity index (χ4n) is 2.30. The fraction of sp³-hybridized carbons (Fsp3) is 0.0625. The first kappa shape index (κ1) is 12.3. The molecule has 4 heteroatoms. The van der Waals surface area contributed by atoms with Crippen molar-refractivity contribution in [3.63, 3.8) is 0 Å². The van der Waals surface area contributed by atoms with Crippen LogP contribution in [0.15, 0.2) is 48.5 Å². The number of amides is 1. The molecule has 0 saturated carbocycles. The zero-order valence-corrected chi connectivity index (χ0v) is 11.0. The lowest BCUT2D eigenvalue weighted by Gasteiger charge is -2.07. The van der Waals surface area contributed by atoms with Gasteiger partial charge in [-0.3, -0.25) is 4.79 Å². The number of fused-ring (bicyclic) bond motifs is 1. The van der Waals surface area contributed by atoms with Crippen molar-refractivity contribution in [1.29, 1.82) is 0 Å². The molecule has 0 fully saturated rings. The van der Waals surface area contributed by atoms with Crippen LogP contribution in [0.3, 0.4) is 0 Å². The van der Waals surface area contributed by atoms with Crippen LogP contribution >= 0.6 is 0 Å². The molecular formula is C16H14N2O2. The van der Waals surface area contributed by atoms with E-state index in [4.69, 9.17) is 10.5 Å². The Morgan fingerprint density at radius 2 is 1.80 bits per heavy atom. The third-order valence-electron chi connectivity index (χ3n) is 3.34. The summed E-state index contributed by atoms with van der Waals surface area (Å²) in [7, 11) is 1.61. The minimum Gasteiger partial charge on any atom is -0.497 e. The Morgan fingerprint density at radius 1 is 1.10 bits per heavy atom. The second kappa shape index (κ2) is 4.74. The maximum Gasteiger partial charge on any atom is 0.258 e. The van der Waals surface area contributed by atoms with Crippen LogP contribution in [0.4, 0.5) is 5.69 Å². The number of nitrogens with one attached hydrogen (secondary N) is 1. The molecular weight excluding hydrogens is 252 g/mol. The van der Waals surface area contributed by atoms with Gasteiger partial charge in [-0.25, -0.2) is 0 Å². The first-order valence-corrected chi connectivity index (χ1v) is 6.25. The van der Waals surface area contributed by atoms with Crippen molar-refractivity contribution in [2.75, 3.05) is 12.4 Å². The second-order valence-electron chi connectivity index (χ2n) is 4.52. The van der Waals surface area contributed by atoms with Crippen LogP contribution in [-0.4, -0.2) is 13.0 Å². The zero-order chi connectivity index (χ0) is 14.1. The van der Waals surface area contributed by atoms with Gasteiger partial charge >= 0.3 is 0 Å². The third kappa shape index (κ3) is 1.91. The number of carbonyl (C=O) groups excluding carboxylic acids is 1. The van der Waals surface area contributed by atoms with Crippen molar-refractivity contribution < 1.29 is 9.53 Å². The Hall–Kier alpha value is -2.75. The number of methoxy groups -OCH3 is 1. The number of hydrogen-bond donors (Lipinski definition) is 2. The van der Waals surface area contributed by atoms with Gasteiger partial charge in [0.1, 0.15) is 5.75 Å². The van der Waals surface area contributed by atoms with Gasteiger partial charge in [-0.15, -0.1) is 0 Å². The van der Waals surface area contributed by atoms with Crippen molar-refractivity contribution in [2.24, 2.45) is 5.73 Å². The summed E-state index contributed by atoms with van der Waals surface area (Å²) in [4.78, 5) is 12.1. The van der Waals surface area contributed by atoms with Gasteiger partial charge in [0.25, 0.3) is 5.91 Å². The lowest BCUT2D eigenvalue weighted by atomic mass is 10.0. The highest BCUT2D eigenvalue weighted by Gasteiger charge is 2.26. The molecule has 0 atom stereocenters. The van der Waals surface area contributed by atoms with Gasteiger partial charge in [-0.05, 0) is 35.9 Å². The fourth-order valence-corrected chi connectivity index (χ4v) is 2.30. The summed E-state index contributed by atoms with van der Waals surface area (Å²) in [6.45, 7) is 0. The highest BCUT2D eigenvalue weighted by Crippen LogP contribution is 2.35. The van der Waals surface area contributed by atoms with Gasteiger partial charge in [0.05, 0.1) is 18.4 Å². The van der Waals surface area contributed by atoms with Crippen LogP contribution in [0.1, 0.15) is 11.1 Å². The average Bonchev–Trinajstić information content (AvgIpc) is 2.82. The van der Waals surface area contributed by atoms with Gasteiger partial charge in [0, 0.05) is 11.3 Å². The summed E-state index contributed by atoms with van der Waals surface area (Å²) in [6.07, 6.45) is 0. The maximum atomic E-state index is 12.1. The topological polar surface area (TPSA) is 64.3 Å². The Morgan fingerprint density at radius 3 is 2.50 bits per heavy atom.